The Hall–Kier alpha value is -2.99. The van der Waals surface area contributed by atoms with Gasteiger partial charge in [-0.2, -0.15) is 18.4 Å². The van der Waals surface area contributed by atoms with Crippen LogP contribution >= 0.6 is 11.6 Å². The van der Waals surface area contributed by atoms with Gasteiger partial charge >= 0.3 is 12.2 Å². The number of aromatic nitrogens is 1. The first-order valence-corrected chi connectivity index (χ1v) is 9.55. The maximum absolute atomic E-state index is 13.3. The Balaban J connectivity index is 1.78. The van der Waals surface area contributed by atoms with Crippen molar-refractivity contribution >= 4 is 29.0 Å². The summed E-state index contributed by atoms with van der Waals surface area (Å²) in [6.07, 6.45) is -3.14. The SMILES string of the molecule is C[C@@H]1CN(c2ccc(C#N)c(C(F)(F)F)c2)[C@@H](C)CN1C(=O)Nc1ccnc(Cl)c1. The highest BCUT2D eigenvalue weighted by Gasteiger charge is 2.36. The van der Waals surface area contributed by atoms with E-state index in [2.05, 4.69) is 10.3 Å². The van der Waals surface area contributed by atoms with Crippen LogP contribution in [0.1, 0.15) is 25.0 Å². The summed E-state index contributed by atoms with van der Waals surface area (Å²) in [7, 11) is 0. The van der Waals surface area contributed by atoms with Gasteiger partial charge in [-0.25, -0.2) is 9.78 Å². The number of pyridine rings is 1. The molecule has 1 aliphatic rings. The lowest BCUT2D eigenvalue weighted by Crippen LogP contribution is -2.59. The van der Waals surface area contributed by atoms with Crippen molar-refractivity contribution in [2.45, 2.75) is 32.1 Å². The van der Waals surface area contributed by atoms with Crippen LogP contribution in [0.25, 0.3) is 0 Å². The number of amides is 2. The third-order valence-corrected chi connectivity index (χ3v) is 5.19. The highest BCUT2D eigenvalue weighted by molar-refractivity contribution is 6.29. The van der Waals surface area contributed by atoms with E-state index in [1.165, 1.54) is 24.4 Å². The minimum Gasteiger partial charge on any atom is -0.365 e. The molecule has 1 aromatic carbocycles. The normalized spacial score (nSPS) is 19.4. The van der Waals surface area contributed by atoms with Crippen LogP contribution in [0.2, 0.25) is 5.15 Å². The largest absolute Gasteiger partial charge is 0.417 e. The van der Waals surface area contributed by atoms with Crippen LogP contribution in [0.5, 0.6) is 0 Å². The second kappa shape index (κ2) is 8.40. The number of piperazine rings is 1. The lowest BCUT2D eigenvalue weighted by Gasteiger charge is -2.45. The summed E-state index contributed by atoms with van der Waals surface area (Å²) in [4.78, 5) is 20.0. The smallest absolute Gasteiger partial charge is 0.365 e. The Labute approximate surface area is 176 Å². The molecule has 1 aromatic heterocycles. The van der Waals surface area contributed by atoms with E-state index in [4.69, 9.17) is 16.9 Å². The molecule has 10 heteroatoms. The molecule has 2 heterocycles. The van der Waals surface area contributed by atoms with Crippen LogP contribution in [-0.4, -0.2) is 41.1 Å². The van der Waals surface area contributed by atoms with Gasteiger partial charge in [-0.3, -0.25) is 0 Å². The molecule has 3 rings (SSSR count). The standard InChI is InChI=1S/C20H19ClF3N5O/c1-12-11-29(19(30)27-15-5-6-26-18(21)7-15)13(2)10-28(12)16-4-3-14(9-25)17(8-16)20(22,23)24/h3-8,12-13H,10-11H2,1-2H3,(H,26,27,30)/t12-,13+/m0/s1. The molecule has 0 aliphatic carbocycles. The predicted octanol–water partition coefficient (Wildman–Crippen LogP) is 4.76. The monoisotopic (exact) mass is 437 g/mol. The van der Waals surface area contributed by atoms with Gasteiger partial charge in [0.15, 0.2) is 0 Å². The van der Waals surface area contributed by atoms with Crippen LogP contribution < -0.4 is 10.2 Å². The van der Waals surface area contributed by atoms with Gasteiger partial charge in [-0.05, 0) is 44.2 Å². The van der Waals surface area contributed by atoms with Crippen LogP contribution in [-0.2, 0) is 6.18 Å². The zero-order valence-electron chi connectivity index (χ0n) is 16.2. The van der Waals surface area contributed by atoms with Crippen molar-refractivity contribution < 1.29 is 18.0 Å². The van der Waals surface area contributed by atoms with Crippen molar-refractivity contribution in [1.29, 1.82) is 5.26 Å². The first-order valence-electron chi connectivity index (χ1n) is 9.17. The molecule has 2 amide bonds. The molecular weight excluding hydrogens is 419 g/mol. The molecule has 0 spiro atoms. The number of nitrogens with one attached hydrogen (secondary N) is 1. The third-order valence-electron chi connectivity index (χ3n) is 4.99. The first-order chi connectivity index (χ1) is 14.1. The number of urea groups is 1. The molecule has 2 aromatic rings. The van der Waals surface area contributed by atoms with Crippen molar-refractivity contribution in [3.63, 3.8) is 0 Å². The number of benzene rings is 1. The molecule has 0 bridgehead atoms. The molecule has 158 valence electrons. The fourth-order valence-electron chi connectivity index (χ4n) is 3.49. The van der Waals surface area contributed by atoms with E-state index in [1.807, 2.05) is 18.7 Å². The predicted molar refractivity (Wildman–Crippen MR) is 107 cm³/mol. The van der Waals surface area contributed by atoms with Gasteiger partial charge < -0.3 is 15.1 Å². The number of alkyl halides is 3. The van der Waals surface area contributed by atoms with E-state index in [0.717, 1.165) is 6.07 Å². The number of hydrogen-bond acceptors (Lipinski definition) is 4. The topological polar surface area (TPSA) is 72.3 Å². The van der Waals surface area contributed by atoms with Gasteiger partial charge in [0.2, 0.25) is 0 Å². The second-order valence-corrected chi connectivity index (χ2v) is 7.53. The molecule has 0 radical (unpaired) electrons. The number of nitrogens with zero attached hydrogens (tertiary/aromatic N) is 4. The summed E-state index contributed by atoms with van der Waals surface area (Å²) < 4.78 is 39.9. The molecule has 0 saturated carbocycles. The Kier molecular flexibility index (Phi) is 6.08. The maximum Gasteiger partial charge on any atom is 0.417 e. The zero-order chi connectivity index (χ0) is 22.1. The van der Waals surface area contributed by atoms with Gasteiger partial charge in [0, 0.05) is 42.7 Å². The van der Waals surface area contributed by atoms with Gasteiger partial charge in [0.25, 0.3) is 0 Å². The van der Waals surface area contributed by atoms with Gasteiger partial charge in [-0.1, -0.05) is 11.6 Å². The van der Waals surface area contributed by atoms with E-state index in [1.54, 1.807) is 17.0 Å². The Bertz CT molecular complexity index is 991. The van der Waals surface area contributed by atoms with Crippen LogP contribution in [0, 0.1) is 11.3 Å². The summed E-state index contributed by atoms with van der Waals surface area (Å²) >= 11 is 5.84. The lowest BCUT2D eigenvalue weighted by molar-refractivity contribution is -0.137. The number of rotatable bonds is 2. The number of carbonyl (C=O) groups excluding carboxylic acids is 1. The Morgan fingerprint density at radius 2 is 1.97 bits per heavy atom. The van der Waals surface area contributed by atoms with Crippen molar-refractivity contribution in [2.24, 2.45) is 0 Å². The number of carbonyl (C=O) groups is 1. The number of anilines is 2. The number of halogens is 4. The summed E-state index contributed by atoms with van der Waals surface area (Å²) in [6.45, 7) is 4.31. The second-order valence-electron chi connectivity index (χ2n) is 7.14. The van der Waals surface area contributed by atoms with Gasteiger partial charge in [0.05, 0.1) is 17.2 Å². The van der Waals surface area contributed by atoms with Gasteiger partial charge in [0.1, 0.15) is 5.15 Å². The fraction of sp³-hybridized carbons (Fsp3) is 0.350. The molecule has 1 N–H and O–H groups in total. The summed E-state index contributed by atoms with van der Waals surface area (Å²) in [5, 5.41) is 12.0. The molecule has 6 nitrogen and oxygen atoms in total. The average molecular weight is 438 g/mol. The molecule has 1 aliphatic heterocycles. The third kappa shape index (κ3) is 4.60. The molecule has 1 saturated heterocycles. The minimum atomic E-state index is -4.62. The average Bonchev–Trinajstić information content (AvgIpc) is 2.68. The quantitative estimate of drug-likeness (QED) is 0.688. The lowest BCUT2D eigenvalue weighted by atomic mass is 10.0. The van der Waals surface area contributed by atoms with E-state index < -0.39 is 17.3 Å². The van der Waals surface area contributed by atoms with E-state index in [-0.39, 0.29) is 23.3 Å². The summed E-state index contributed by atoms with van der Waals surface area (Å²) in [5.41, 5.74) is -0.510. The summed E-state index contributed by atoms with van der Waals surface area (Å²) in [5.74, 6) is 0. The van der Waals surface area contributed by atoms with Crippen LogP contribution in [0.3, 0.4) is 0 Å². The number of nitriles is 1. The fourth-order valence-corrected chi connectivity index (χ4v) is 3.66. The van der Waals surface area contributed by atoms with Crippen LogP contribution in [0.4, 0.5) is 29.3 Å². The molecular formula is C20H19ClF3N5O. The molecule has 2 atom stereocenters. The highest BCUT2D eigenvalue weighted by Crippen LogP contribution is 2.35. The first kappa shape index (κ1) is 21.7. The zero-order valence-corrected chi connectivity index (χ0v) is 17.0. The Morgan fingerprint density at radius 3 is 2.60 bits per heavy atom. The van der Waals surface area contributed by atoms with Gasteiger partial charge in [-0.15, -0.1) is 0 Å². The van der Waals surface area contributed by atoms with Crippen LogP contribution in [0.15, 0.2) is 36.5 Å². The van der Waals surface area contributed by atoms with Crippen molar-refractivity contribution in [3.8, 4) is 6.07 Å². The van der Waals surface area contributed by atoms with E-state index >= 15 is 0 Å². The molecule has 1 fully saturated rings. The van der Waals surface area contributed by atoms with E-state index in [0.29, 0.717) is 24.5 Å². The highest BCUT2D eigenvalue weighted by atomic mass is 35.5. The van der Waals surface area contributed by atoms with Crippen molar-refractivity contribution in [2.75, 3.05) is 23.3 Å². The van der Waals surface area contributed by atoms with Crippen molar-refractivity contribution in [1.82, 2.24) is 9.88 Å². The molecule has 30 heavy (non-hydrogen) atoms. The number of hydrogen-bond donors (Lipinski definition) is 1. The maximum atomic E-state index is 13.3. The van der Waals surface area contributed by atoms with Crippen molar-refractivity contribution in [3.05, 3.63) is 52.8 Å². The Morgan fingerprint density at radius 1 is 1.23 bits per heavy atom. The van der Waals surface area contributed by atoms with E-state index in [9.17, 15) is 18.0 Å². The molecule has 0 unspecified atom stereocenters. The minimum absolute atomic E-state index is 0.234. The summed E-state index contributed by atoms with van der Waals surface area (Å²) in [6, 6.07) is 7.59.